The lowest BCUT2D eigenvalue weighted by molar-refractivity contribution is -0.385. The van der Waals surface area contributed by atoms with Crippen molar-refractivity contribution in [3.8, 4) is 0 Å². The summed E-state index contributed by atoms with van der Waals surface area (Å²) in [6.45, 7) is 3.92. The lowest BCUT2D eigenvalue weighted by Crippen LogP contribution is -2.44. The number of nitro groups is 1. The molecule has 1 aliphatic rings. The summed E-state index contributed by atoms with van der Waals surface area (Å²) in [6, 6.07) is 6.33. The Bertz CT molecular complexity index is 654. The predicted octanol–water partition coefficient (Wildman–Crippen LogP) is 2.63. The van der Waals surface area contributed by atoms with E-state index in [9.17, 15) is 19.7 Å². The Morgan fingerprint density at radius 1 is 1.27 bits per heavy atom. The van der Waals surface area contributed by atoms with Gasteiger partial charge < -0.3 is 9.80 Å². The molecule has 0 atom stereocenters. The number of amides is 2. The summed E-state index contributed by atoms with van der Waals surface area (Å²) in [5, 5.41) is 11.1. The third kappa shape index (κ3) is 5.03. The molecule has 7 nitrogen and oxygen atoms in total. The largest absolute Gasteiger partial charge is 0.346 e. The van der Waals surface area contributed by atoms with Crippen LogP contribution in [0.1, 0.15) is 38.2 Å². The number of hydrogen-bond donors (Lipinski definition) is 0. The number of unbranched alkanes of at least 4 members (excludes halogenated alkanes) is 1. The maximum Gasteiger partial charge on any atom is 0.273 e. The summed E-state index contributed by atoms with van der Waals surface area (Å²) < 4.78 is 0. The molecule has 7 heteroatoms. The molecule has 0 aromatic heterocycles. The van der Waals surface area contributed by atoms with Crippen molar-refractivity contribution < 1.29 is 14.5 Å². The first kappa shape index (κ1) is 19.9. The zero-order valence-electron chi connectivity index (χ0n) is 15.5. The minimum atomic E-state index is -0.459. The van der Waals surface area contributed by atoms with Crippen molar-refractivity contribution >= 4 is 17.5 Å². The molecular weight excluding hydrogens is 334 g/mol. The van der Waals surface area contributed by atoms with Gasteiger partial charge in [0.2, 0.25) is 11.8 Å². The minimum absolute atomic E-state index is 0.0200. The van der Waals surface area contributed by atoms with Crippen molar-refractivity contribution in [2.24, 2.45) is 5.92 Å². The van der Waals surface area contributed by atoms with Gasteiger partial charge in [0.25, 0.3) is 5.69 Å². The van der Waals surface area contributed by atoms with E-state index in [-0.39, 0.29) is 29.8 Å². The molecule has 142 valence electrons. The van der Waals surface area contributed by atoms with Gasteiger partial charge in [-0.1, -0.05) is 31.5 Å². The van der Waals surface area contributed by atoms with E-state index in [4.69, 9.17) is 0 Å². The molecule has 1 fully saturated rings. The number of benzene rings is 1. The molecule has 0 saturated carbocycles. The van der Waals surface area contributed by atoms with Crippen molar-refractivity contribution in [1.29, 1.82) is 0 Å². The molecule has 0 bridgehead atoms. The Kier molecular flexibility index (Phi) is 7.12. The highest BCUT2D eigenvalue weighted by atomic mass is 16.6. The highest BCUT2D eigenvalue weighted by Gasteiger charge is 2.29. The van der Waals surface area contributed by atoms with Crippen LogP contribution < -0.4 is 0 Å². The summed E-state index contributed by atoms with van der Waals surface area (Å²) in [5.41, 5.74) is 0.406. The second-order valence-corrected chi connectivity index (χ2v) is 6.83. The van der Waals surface area contributed by atoms with Gasteiger partial charge in [-0.25, -0.2) is 0 Å². The second kappa shape index (κ2) is 9.31. The van der Waals surface area contributed by atoms with E-state index in [1.54, 1.807) is 28.0 Å². The van der Waals surface area contributed by atoms with E-state index < -0.39 is 4.92 Å². The van der Waals surface area contributed by atoms with E-state index in [0.717, 1.165) is 19.4 Å². The first-order valence-corrected chi connectivity index (χ1v) is 9.19. The van der Waals surface area contributed by atoms with Gasteiger partial charge in [0.1, 0.15) is 0 Å². The normalized spacial score (nSPS) is 14.9. The molecule has 1 aromatic carbocycles. The molecule has 0 radical (unpaired) electrons. The average molecular weight is 361 g/mol. The molecular formula is C19H27N3O4. The summed E-state index contributed by atoms with van der Waals surface area (Å²) in [7, 11) is 1.84. The van der Waals surface area contributed by atoms with Gasteiger partial charge in [-0.15, -0.1) is 0 Å². The van der Waals surface area contributed by atoms with Gasteiger partial charge in [0.15, 0.2) is 0 Å². The maximum absolute atomic E-state index is 12.5. The fourth-order valence-electron chi connectivity index (χ4n) is 3.31. The van der Waals surface area contributed by atoms with Crippen LogP contribution in [0.15, 0.2) is 24.3 Å². The number of nitrogens with zero attached hydrogens (tertiary/aromatic N) is 3. The van der Waals surface area contributed by atoms with Crippen LogP contribution in [0.4, 0.5) is 5.69 Å². The van der Waals surface area contributed by atoms with Gasteiger partial charge in [0.05, 0.1) is 11.3 Å². The lowest BCUT2D eigenvalue weighted by Gasteiger charge is -2.33. The zero-order chi connectivity index (χ0) is 19.1. The molecule has 2 rings (SSSR count). The Morgan fingerprint density at radius 3 is 2.54 bits per heavy atom. The fourth-order valence-corrected chi connectivity index (χ4v) is 3.31. The molecule has 0 N–H and O–H groups in total. The topological polar surface area (TPSA) is 83.8 Å². The number of likely N-dealkylation sites (tertiary alicyclic amines) is 1. The van der Waals surface area contributed by atoms with Gasteiger partial charge in [0, 0.05) is 44.2 Å². The number of piperidine rings is 1. The molecule has 0 aliphatic carbocycles. The molecule has 2 amide bonds. The maximum atomic E-state index is 12.5. The lowest BCUT2D eigenvalue weighted by atomic mass is 9.94. The van der Waals surface area contributed by atoms with Gasteiger partial charge in [-0.3, -0.25) is 19.7 Å². The quantitative estimate of drug-likeness (QED) is 0.552. The Balaban J connectivity index is 1.89. The molecule has 1 heterocycles. The van der Waals surface area contributed by atoms with Crippen LogP contribution >= 0.6 is 0 Å². The number of carbonyl (C=O) groups is 2. The smallest absolute Gasteiger partial charge is 0.273 e. The summed E-state index contributed by atoms with van der Waals surface area (Å²) in [6.07, 6.45) is 3.37. The van der Waals surface area contributed by atoms with Gasteiger partial charge in [-0.2, -0.15) is 0 Å². The van der Waals surface area contributed by atoms with Crippen molar-refractivity contribution in [2.75, 3.05) is 26.7 Å². The van der Waals surface area contributed by atoms with Crippen LogP contribution in [-0.4, -0.2) is 53.2 Å². The third-order valence-electron chi connectivity index (χ3n) is 4.95. The van der Waals surface area contributed by atoms with Crippen molar-refractivity contribution in [2.45, 2.75) is 39.0 Å². The highest BCUT2D eigenvalue weighted by molar-refractivity contribution is 5.81. The number of nitro benzene ring substituents is 1. The number of para-hydroxylation sites is 1. The first-order chi connectivity index (χ1) is 12.4. The van der Waals surface area contributed by atoms with Crippen LogP contribution in [0.3, 0.4) is 0 Å². The van der Waals surface area contributed by atoms with Crippen LogP contribution in [0, 0.1) is 16.0 Å². The zero-order valence-corrected chi connectivity index (χ0v) is 15.5. The van der Waals surface area contributed by atoms with Crippen LogP contribution in [0.25, 0.3) is 0 Å². The van der Waals surface area contributed by atoms with Crippen molar-refractivity contribution in [3.05, 3.63) is 39.9 Å². The van der Waals surface area contributed by atoms with Crippen molar-refractivity contribution in [3.63, 3.8) is 0 Å². The van der Waals surface area contributed by atoms with E-state index in [1.807, 2.05) is 7.05 Å². The Labute approximate surface area is 154 Å². The summed E-state index contributed by atoms with van der Waals surface area (Å²) in [4.78, 5) is 39.1. The van der Waals surface area contributed by atoms with E-state index in [2.05, 4.69) is 6.92 Å². The molecule has 0 spiro atoms. The molecule has 1 saturated heterocycles. The van der Waals surface area contributed by atoms with Gasteiger partial charge in [-0.05, 0) is 19.3 Å². The summed E-state index contributed by atoms with van der Waals surface area (Å²) in [5.74, 6) is 0.000695. The number of hydrogen-bond acceptors (Lipinski definition) is 4. The number of rotatable bonds is 7. The Morgan fingerprint density at radius 2 is 1.92 bits per heavy atom. The number of carbonyl (C=O) groups excluding carboxylic acids is 2. The molecule has 1 aliphatic heterocycles. The first-order valence-electron chi connectivity index (χ1n) is 9.19. The molecule has 1 aromatic rings. The minimum Gasteiger partial charge on any atom is -0.346 e. The Hall–Kier alpha value is -2.44. The van der Waals surface area contributed by atoms with Gasteiger partial charge >= 0.3 is 0 Å². The summed E-state index contributed by atoms with van der Waals surface area (Å²) >= 11 is 0. The average Bonchev–Trinajstić information content (AvgIpc) is 2.65. The SMILES string of the molecule is CCCCN(C)C(=O)C1CCN(C(=O)Cc2ccccc2[N+](=O)[O-])CC1. The van der Waals surface area contributed by atoms with Crippen LogP contribution in [0.2, 0.25) is 0 Å². The molecule has 26 heavy (non-hydrogen) atoms. The van der Waals surface area contributed by atoms with E-state index in [0.29, 0.717) is 31.5 Å². The van der Waals surface area contributed by atoms with E-state index >= 15 is 0 Å². The monoisotopic (exact) mass is 361 g/mol. The molecule has 0 unspecified atom stereocenters. The van der Waals surface area contributed by atoms with Crippen molar-refractivity contribution in [1.82, 2.24) is 9.80 Å². The third-order valence-corrected chi connectivity index (χ3v) is 4.95. The fraction of sp³-hybridized carbons (Fsp3) is 0.579. The standard InChI is InChI=1S/C19H27N3O4/c1-3-4-11-20(2)19(24)15-9-12-21(13-10-15)18(23)14-16-7-5-6-8-17(16)22(25)26/h5-8,15H,3-4,9-14H2,1-2H3. The predicted molar refractivity (Wildman–Crippen MR) is 98.6 cm³/mol. The second-order valence-electron chi connectivity index (χ2n) is 6.83. The van der Waals surface area contributed by atoms with Crippen LogP contribution in [0.5, 0.6) is 0 Å². The van der Waals surface area contributed by atoms with Crippen LogP contribution in [-0.2, 0) is 16.0 Å². The van der Waals surface area contributed by atoms with E-state index in [1.165, 1.54) is 6.07 Å². The highest BCUT2D eigenvalue weighted by Crippen LogP contribution is 2.22.